The Morgan fingerprint density at radius 3 is 2.35 bits per heavy atom. The van der Waals surface area contributed by atoms with Crippen LogP contribution in [0.25, 0.3) is 0 Å². The Morgan fingerprint density at radius 2 is 1.74 bits per heavy atom. The molecule has 1 unspecified atom stereocenters. The summed E-state index contributed by atoms with van der Waals surface area (Å²) in [5.41, 5.74) is 2.72. The van der Waals surface area contributed by atoms with Crippen molar-refractivity contribution in [3.8, 4) is 11.5 Å². The van der Waals surface area contributed by atoms with Crippen LogP contribution in [-0.2, 0) is 42.6 Å². The maximum atomic E-state index is 12.2. The van der Waals surface area contributed by atoms with E-state index in [1.807, 2.05) is 25.1 Å². The molecule has 2 aromatic rings. The fourth-order valence-electron chi connectivity index (χ4n) is 3.48. The van der Waals surface area contributed by atoms with Gasteiger partial charge in [-0.15, -0.1) is 0 Å². The van der Waals surface area contributed by atoms with E-state index < -0.39 is 16.2 Å². The molecule has 7 nitrogen and oxygen atoms in total. The second-order valence-corrected chi connectivity index (χ2v) is 10.6. The Hall–Kier alpha value is -2.58. The van der Waals surface area contributed by atoms with E-state index in [2.05, 4.69) is 26.8 Å². The quantitative estimate of drug-likeness (QED) is 0.319. The molecular formula is C26H36O7S. The summed E-state index contributed by atoms with van der Waals surface area (Å²) in [5.74, 6) is 0.693. The number of rotatable bonds is 12. The highest BCUT2D eigenvalue weighted by molar-refractivity contribution is 7.86. The van der Waals surface area contributed by atoms with Crippen molar-refractivity contribution in [3.05, 3.63) is 59.2 Å². The van der Waals surface area contributed by atoms with Crippen molar-refractivity contribution < 1.29 is 31.6 Å². The molecule has 0 aliphatic heterocycles. The van der Waals surface area contributed by atoms with Crippen LogP contribution in [-0.4, -0.2) is 46.6 Å². The minimum Gasteiger partial charge on any atom is -0.493 e. The first-order valence-corrected chi connectivity index (χ1v) is 13.3. The highest BCUT2D eigenvalue weighted by Gasteiger charge is 2.24. The monoisotopic (exact) mass is 492 g/mol. The number of hydrogen-bond acceptors (Lipinski definition) is 7. The van der Waals surface area contributed by atoms with Gasteiger partial charge in [0.05, 0.1) is 19.5 Å². The van der Waals surface area contributed by atoms with E-state index in [-0.39, 0.29) is 17.1 Å². The summed E-state index contributed by atoms with van der Waals surface area (Å²) < 4.78 is 44.6. The molecule has 0 bridgehead atoms. The molecule has 0 aliphatic rings. The lowest BCUT2D eigenvalue weighted by Gasteiger charge is -2.24. The van der Waals surface area contributed by atoms with Crippen LogP contribution in [0.5, 0.6) is 11.5 Å². The number of benzene rings is 2. The fraction of sp³-hybridized carbons (Fsp3) is 0.500. The van der Waals surface area contributed by atoms with E-state index in [0.717, 1.165) is 28.7 Å². The molecule has 2 aromatic carbocycles. The van der Waals surface area contributed by atoms with Crippen LogP contribution in [0.4, 0.5) is 0 Å². The summed E-state index contributed by atoms with van der Waals surface area (Å²) in [7, 11) is -3.57. The van der Waals surface area contributed by atoms with Crippen molar-refractivity contribution >= 4 is 16.1 Å². The molecule has 0 radical (unpaired) electrons. The maximum Gasteiger partial charge on any atom is 0.335 e. The van der Waals surface area contributed by atoms with Gasteiger partial charge < -0.3 is 18.4 Å². The lowest BCUT2D eigenvalue weighted by molar-refractivity contribution is -0.156. The standard InChI is InChI=1S/C26H36O7S/c1-7-30-24(25(27)31-8-2)18-20-12-13-23(22(17-20)26(3,4)5)32-15-14-19-10-9-11-21(16-19)33-34(6,28)29/h9-13,16-17,24H,7-8,14-15,18H2,1-6H3. The number of esters is 1. The second-order valence-electron chi connectivity index (χ2n) is 9.01. The fourth-order valence-corrected chi connectivity index (χ4v) is 3.94. The van der Waals surface area contributed by atoms with Gasteiger partial charge in [0.2, 0.25) is 0 Å². The molecule has 0 amide bonds. The van der Waals surface area contributed by atoms with Gasteiger partial charge in [-0.25, -0.2) is 4.79 Å². The van der Waals surface area contributed by atoms with E-state index in [9.17, 15) is 13.2 Å². The molecule has 0 fully saturated rings. The largest absolute Gasteiger partial charge is 0.493 e. The predicted molar refractivity (Wildman–Crippen MR) is 132 cm³/mol. The third kappa shape index (κ3) is 8.99. The molecule has 0 spiro atoms. The summed E-state index contributed by atoms with van der Waals surface area (Å²) in [6.45, 7) is 11.1. The Morgan fingerprint density at radius 1 is 1.00 bits per heavy atom. The third-order valence-corrected chi connectivity index (χ3v) is 5.48. The Bertz CT molecular complexity index is 1060. The summed E-state index contributed by atoms with van der Waals surface area (Å²) in [4.78, 5) is 12.2. The summed E-state index contributed by atoms with van der Waals surface area (Å²) in [6.07, 6.45) is 1.38. The molecule has 2 rings (SSSR count). The van der Waals surface area contributed by atoms with Gasteiger partial charge in [-0.05, 0) is 54.2 Å². The van der Waals surface area contributed by atoms with Crippen molar-refractivity contribution in [1.82, 2.24) is 0 Å². The van der Waals surface area contributed by atoms with Crippen LogP contribution in [0, 0.1) is 0 Å². The average Bonchev–Trinajstić information content (AvgIpc) is 2.73. The van der Waals surface area contributed by atoms with Crippen LogP contribution in [0.15, 0.2) is 42.5 Å². The zero-order valence-electron chi connectivity index (χ0n) is 20.9. The Balaban J connectivity index is 2.14. The molecule has 0 N–H and O–H groups in total. The molecule has 0 saturated carbocycles. The highest BCUT2D eigenvalue weighted by atomic mass is 32.2. The summed E-state index contributed by atoms with van der Waals surface area (Å²) in [5, 5.41) is 0. The number of carbonyl (C=O) groups is 1. The normalized spacial score (nSPS) is 12.8. The van der Waals surface area contributed by atoms with Gasteiger partial charge in [0.15, 0.2) is 6.10 Å². The first kappa shape index (κ1) is 27.7. The minimum atomic E-state index is -3.57. The first-order valence-electron chi connectivity index (χ1n) is 11.5. The number of carbonyl (C=O) groups excluding carboxylic acids is 1. The van der Waals surface area contributed by atoms with Crippen molar-refractivity contribution in [2.45, 2.75) is 59.0 Å². The predicted octanol–water partition coefficient (Wildman–Crippen LogP) is 4.45. The highest BCUT2D eigenvalue weighted by Crippen LogP contribution is 2.33. The molecule has 0 saturated heterocycles. The summed E-state index contributed by atoms with van der Waals surface area (Å²) >= 11 is 0. The molecule has 8 heteroatoms. The lowest BCUT2D eigenvalue weighted by atomic mass is 9.85. The molecule has 188 valence electrons. The smallest absolute Gasteiger partial charge is 0.335 e. The SMILES string of the molecule is CCOC(=O)C(Cc1ccc(OCCc2cccc(OS(C)(=O)=O)c2)c(C(C)(C)C)c1)OCC. The van der Waals surface area contributed by atoms with Gasteiger partial charge in [0.25, 0.3) is 0 Å². The van der Waals surface area contributed by atoms with E-state index in [1.165, 1.54) is 0 Å². The zero-order chi connectivity index (χ0) is 25.4. The zero-order valence-corrected chi connectivity index (χ0v) is 21.7. The van der Waals surface area contributed by atoms with Gasteiger partial charge in [-0.1, -0.05) is 45.0 Å². The van der Waals surface area contributed by atoms with Crippen LogP contribution >= 0.6 is 0 Å². The van der Waals surface area contributed by atoms with Crippen LogP contribution in [0.2, 0.25) is 0 Å². The Labute approximate surface area is 203 Å². The van der Waals surface area contributed by atoms with Crippen LogP contribution < -0.4 is 8.92 Å². The second kappa shape index (κ2) is 12.2. The van der Waals surface area contributed by atoms with Gasteiger partial charge in [0, 0.05) is 19.4 Å². The molecular weight excluding hydrogens is 456 g/mol. The van der Waals surface area contributed by atoms with Crippen molar-refractivity contribution in [2.75, 3.05) is 26.1 Å². The number of hydrogen-bond donors (Lipinski definition) is 0. The summed E-state index contributed by atoms with van der Waals surface area (Å²) in [6, 6.07) is 12.9. The number of ether oxygens (including phenoxy) is 3. The molecule has 0 heterocycles. The van der Waals surface area contributed by atoms with Gasteiger partial charge in [-0.2, -0.15) is 8.42 Å². The van der Waals surface area contributed by atoms with Gasteiger partial charge in [0.1, 0.15) is 11.5 Å². The van der Waals surface area contributed by atoms with Gasteiger partial charge in [-0.3, -0.25) is 0 Å². The van der Waals surface area contributed by atoms with E-state index >= 15 is 0 Å². The van der Waals surface area contributed by atoms with E-state index in [0.29, 0.717) is 32.7 Å². The van der Waals surface area contributed by atoms with Crippen molar-refractivity contribution in [3.63, 3.8) is 0 Å². The van der Waals surface area contributed by atoms with Gasteiger partial charge >= 0.3 is 16.1 Å². The molecule has 1 atom stereocenters. The third-order valence-electron chi connectivity index (χ3n) is 4.98. The van der Waals surface area contributed by atoms with Crippen LogP contribution in [0.1, 0.15) is 51.3 Å². The lowest BCUT2D eigenvalue weighted by Crippen LogP contribution is -2.29. The molecule has 0 aliphatic carbocycles. The Kier molecular flexibility index (Phi) is 9.94. The molecule has 34 heavy (non-hydrogen) atoms. The van der Waals surface area contributed by atoms with Crippen molar-refractivity contribution in [1.29, 1.82) is 0 Å². The first-order chi connectivity index (χ1) is 15.9. The van der Waals surface area contributed by atoms with E-state index in [4.69, 9.17) is 18.4 Å². The molecule has 0 aromatic heterocycles. The van der Waals surface area contributed by atoms with Crippen molar-refractivity contribution in [2.24, 2.45) is 0 Å². The topological polar surface area (TPSA) is 88.1 Å². The van der Waals surface area contributed by atoms with Crippen LogP contribution in [0.3, 0.4) is 0 Å². The van der Waals surface area contributed by atoms with E-state index in [1.54, 1.807) is 25.1 Å². The average molecular weight is 493 g/mol. The minimum absolute atomic E-state index is 0.181. The maximum absolute atomic E-state index is 12.2.